The maximum absolute atomic E-state index is 10.6. The Hall–Kier alpha value is -1.49. The van der Waals surface area contributed by atoms with Crippen LogP contribution in [0.3, 0.4) is 0 Å². The first-order valence-corrected chi connectivity index (χ1v) is 5.52. The van der Waals surface area contributed by atoms with Crippen molar-refractivity contribution in [2.75, 3.05) is 11.1 Å². The highest BCUT2D eigenvalue weighted by Crippen LogP contribution is 2.36. The summed E-state index contributed by atoms with van der Waals surface area (Å²) in [5, 5.41) is 13.8. The number of nitro benzene ring substituents is 1. The van der Waals surface area contributed by atoms with Gasteiger partial charge in [-0.05, 0) is 13.0 Å². The lowest BCUT2D eigenvalue weighted by molar-refractivity contribution is -0.385. The zero-order chi connectivity index (χ0) is 10.8. The highest BCUT2D eigenvalue weighted by molar-refractivity contribution is 7.99. The molecular formula is C10H10N2O2S. The van der Waals surface area contributed by atoms with Crippen LogP contribution in [-0.4, -0.2) is 10.7 Å². The van der Waals surface area contributed by atoms with Gasteiger partial charge in [0, 0.05) is 28.5 Å². The van der Waals surface area contributed by atoms with E-state index in [2.05, 4.69) is 5.32 Å². The average Bonchev–Trinajstić information content (AvgIpc) is 2.27. The number of anilines is 1. The zero-order valence-corrected chi connectivity index (χ0v) is 9.00. The number of allylic oxidation sites excluding steroid dienone is 1. The van der Waals surface area contributed by atoms with Crippen molar-refractivity contribution in [3.63, 3.8) is 0 Å². The van der Waals surface area contributed by atoms with E-state index in [1.165, 1.54) is 6.07 Å². The molecule has 0 fully saturated rings. The van der Waals surface area contributed by atoms with Crippen molar-refractivity contribution < 1.29 is 4.92 Å². The number of nitrogens with one attached hydrogen (secondary N) is 1. The van der Waals surface area contributed by atoms with E-state index in [0.717, 1.165) is 22.0 Å². The monoisotopic (exact) mass is 222 g/mol. The molecule has 0 saturated heterocycles. The van der Waals surface area contributed by atoms with Crippen molar-refractivity contribution in [2.24, 2.45) is 0 Å². The molecule has 4 nitrogen and oxygen atoms in total. The van der Waals surface area contributed by atoms with Gasteiger partial charge >= 0.3 is 0 Å². The molecule has 1 N–H and O–H groups in total. The number of fused-ring (bicyclic) bond motifs is 1. The van der Waals surface area contributed by atoms with Gasteiger partial charge in [0.15, 0.2) is 0 Å². The molecule has 0 aliphatic carbocycles. The van der Waals surface area contributed by atoms with Crippen LogP contribution < -0.4 is 5.32 Å². The Balaban J connectivity index is 2.36. The summed E-state index contributed by atoms with van der Waals surface area (Å²) in [4.78, 5) is 11.1. The van der Waals surface area contributed by atoms with Crippen LogP contribution in [0.4, 0.5) is 11.4 Å². The van der Waals surface area contributed by atoms with Gasteiger partial charge < -0.3 is 5.32 Å². The normalized spacial score (nSPS) is 17.0. The molecule has 5 heteroatoms. The van der Waals surface area contributed by atoms with Crippen molar-refractivity contribution in [2.45, 2.75) is 11.8 Å². The molecule has 0 unspecified atom stereocenters. The Kier molecular flexibility index (Phi) is 2.64. The first-order chi connectivity index (χ1) is 7.20. The lowest BCUT2D eigenvalue weighted by Crippen LogP contribution is -2.08. The lowest BCUT2D eigenvalue weighted by atomic mass is 10.2. The average molecular weight is 222 g/mol. The molecule has 0 saturated carbocycles. The van der Waals surface area contributed by atoms with Gasteiger partial charge in [0.05, 0.1) is 10.6 Å². The highest BCUT2D eigenvalue weighted by atomic mass is 32.2. The largest absolute Gasteiger partial charge is 0.358 e. The first-order valence-electron chi connectivity index (χ1n) is 4.54. The third-order valence-corrected chi connectivity index (χ3v) is 3.31. The van der Waals surface area contributed by atoms with E-state index >= 15 is 0 Å². The quantitative estimate of drug-likeness (QED) is 0.586. The van der Waals surface area contributed by atoms with Crippen molar-refractivity contribution in [3.8, 4) is 0 Å². The van der Waals surface area contributed by atoms with Crippen LogP contribution in [0.15, 0.2) is 34.9 Å². The summed E-state index contributed by atoms with van der Waals surface area (Å²) in [5.41, 5.74) is 2.23. The molecule has 0 atom stereocenters. The van der Waals surface area contributed by atoms with Gasteiger partial charge in [-0.15, -0.1) is 11.8 Å². The van der Waals surface area contributed by atoms with Gasteiger partial charge in [-0.1, -0.05) is 6.08 Å². The number of hydrogen-bond acceptors (Lipinski definition) is 4. The molecule has 0 bridgehead atoms. The highest BCUT2D eigenvalue weighted by Gasteiger charge is 2.15. The van der Waals surface area contributed by atoms with E-state index in [9.17, 15) is 10.1 Å². The molecule has 1 aromatic carbocycles. The van der Waals surface area contributed by atoms with Crippen LogP contribution in [0.2, 0.25) is 0 Å². The zero-order valence-electron chi connectivity index (χ0n) is 8.19. The third kappa shape index (κ3) is 1.97. The van der Waals surface area contributed by atoms with E-state index in [4.69, 9.17) is 0 Å². The first kappa shape index (κ1) is 10.0. The topological polar surface area (TPSA) is 55.2 Å². The van der Waals surface area contributed by atoms with Gasteiger partial charge in [-0.3, -0.25) is 10.1 Å². The molecule has 0 aromatic heterocycles. The number of nitrogens with zero attached hydrogens (tertiary/aromatic N) is 1. The molecule has 1 aliphatic rings. The number of benzene rings is 1. The van der Waals surface area contributed by atoms with Gasteiger partial charge in [0.2, 0.25) is 0 Å². The summed E-state index contributed by atoms with van der Waals surface area (Å²) in [5.74, 6) is 0.838. The predicted octanol–water partition coefficient (Wildman–Crippen LogP) is 3.02. The van der Waals surface area contributed by atoms with Crippen LogP contribution in [0.25, 0.3) is 0 Å². The minimum Gasteiger partial charge on any atom is -0.358 e. The van der Waals surface area contributed by atoms with Gasteiger partial charge in [-0.2, -0.15) is 0 Å². The van der Waals surface area contributed by atoms with Crippen molar-refractivity contribution >= 4 is 23.1 Å². The minimum absolute atomic E-state index is 0.145. The number of thioether (sulfide) groups is 1. The van der Waals surface area contributed by atoms with Crippen LogP contribution in [0, 0.1) is 10.1 Å². The van der Waals surface area contributed by atoms with Gasteiger partial charge in [0.1, 0.15) is 0 Å². The Labute approximate surface area is 91.5 Å². The molecule has 15 heavy (non-hydrogen) atoms. The maximum atomic E-state index is 10.6. The maximum Gasteiger partial charge on any atom is 0.270 e. The lowest BCUT2D eigenvalue weighted by Gasteiger charge is -2.19. The van der Waals surface area contributed by atoms with E-state index in [1.54, 1.807) is 23.9 Å². The Morgan fingerprint density at radius 2 is 2.40 bits per heavy atom. The smallest absolute Gasteiger partial charge is 0.270 e. The summed E-state index contributed by atoms with van der Waals surface area (Å²) in [6, 6.07) is 4.88. The van der Waals surface area contributed by atoms with Crippen molar-refractivity contribution in [1.82, 2.24) is 0 Å². The van der Waals surface area contributed by atoms with Crippen LogP contribution in [-0.2, 0) is 0 Å². The molecule has 0 radical (unpaired) electrons. The molecule has 0 spiro atoms. The van der Waals surface area contributed by atoms with Crippen LogP contribution in [0.5, 0.6) is 0 Å². The summed E-state index contributed by atoms with van der Waals surface area (Å²) < 4.78 is 0. The second-order valence-electron chi connectivity index (χ2n) is 3.17. The molecule has 2 rings (SSSR count). The fraction of sp³-hybridized carbons (Fsp3) is 0.200. The predicted molar refractivity (Wildman–Crippen MR) is 61.2 cm³/mol. The van der Waals surface area contributed by atoms with Gasteiger partial charge in [0.25, 0.3) is 5.69 Å². The van der Waals surface area contributed by atoms with Crippen molar-refractivity contribution in [3.05, 3.63) is 40.1 Å². The standard InChI is InChI=1S/C10H10N2O2S/c1-2-7-6-15-10-5-8(12(13)14)3-4-9(10)11-7/h2-5,11H,6H2,1H3/b7-2-. The minimum atomic E-state index is -0.369. The molecule has 78 valence electrons. The summed E-state index contributed by atoms with van der Waals surface area (Å²) in [6.45, 7) is 1.97. The van der Waals surface area contributed by atoms with E-state index < -0.39 is 0 Å². The Morgan fingerprint density at radius 1 is 1.60 bits per heavy atom. The number of rotatable bonds is 1. The molecule has 1 aliphatic heterocycles. The molecular weight excluding hydrogens is 212 g/mol. The Morgan fingerprint density at radius 3 is 3.07 bits per heavy atom. The van der Waals surface area contributed by atoms with E-state index in [1.807, 2.05) is 13.0 Å². The molecule has 0 amide bonds. The fourth-order valence-corrected chi connectivity index (χ4v) is 2.40. The second-order valence-corrected chi connectivity index (χ2v) is 4.18. The summed E-state index contributed by atoms with van der Waals surface area (Å²) in [6.07, 6.45) is 2.01. The summed E-state index contributed by atoms with van der Waals surface area (Å²) in [7, 11) is 0. The van der Waals surface area contributed by atoms with Gasteiger partial charge in [-0.25, -0.2) is 0 Å². The fourth-order valence-electron chi connectivity index (χ4n) is 1.37. The third-order valence-electron chi connectivity index (χ3n) is 2.20. The van der Waals surface area contributed by atoms with Crippen LogP contribution in [0.1, 0.15) is 6.92 Å². The summed E-state index contributed by atoms with van der Waals surface area (Å²) >= 11 is 1.62. The number of hydrogen-bond donors (Lipinski definition) is 1. The van der Waals surface area contributed by atoms with Crippen LogP contribution >= 0.6 is 11.8 Å². The second kappa shape index (κ2) is 3.94. The Bertz CT molecular complexity index is 443. The number of nitro groups is 1. The molecule has 1 heterocycles. The van der Waals surface area contributed by atoms with Crippen molar-refractivity contribution in [1.29, 1.82) is 0 Å². The van der Waals surface area contributed by atoms with E-state index in [-0.39, 0.29) is 10.6 Å². The SMILES string of the molecule is C/C=C1/CSc2cc([N+](=O)[O-])ccc2N1. The van der Waals surface area contributed by atoms with E-state index in [0.29, 0.717) is 0 Å². The molecule has 1 aromatic rings. The number of non-ortho nitro benzene ring substituents is 1.